The summed E-state index contributed by atoms with van der Waals surface area (Å²) in [5.41, 5.74) is 2.88. The molecular formula is C33H40BrN3O5S. The van der Waals surface area contributed by atoms with E-state index in [4.69, 9.17) is 4.74 Å². The van der Waals surface area contributed by atoms with Gasteiger partial charge in [-0.3, -0.25) is 13.9 Å². The summed E-state index contributed by atoms with van der Waals surface area (Å²) in [7, 11) is -2.27. The molecule has 1 unspecified atom stereocenters. The molecule has 1 fully saturated rings. The maximum atomic E-state index is 14.3. The third-order valence-electron chi connectivity index (χ3n) is 7.82. The number of nitrogens with zero attached hydrogens (tertiary/aromatic N) is 2. The molecule has 0 aromatic heterocycles. The van der Waals surface area contributed by atoms with Gasteiger partial charge in [-0.15, -0.1) is 0 Å². The van der Waals surface area contributed by atoms with E-state index in [1.54, 1.807) is 25.3 Å². The summed E-state index contributed by atoms with van der Waals surface area (Å²) in [6.07, 6.45) is 6.42. The third kappa shape index (κ3) is 9.06. The first-order valence-corrected chi connectivity index (χ1v) is 17.2. The second-order valence-electron chi connectivity index (χ2n) is 11.1. The SMILES string of the molecule is COc1cccc(CN(C(=O)CN(c2ccc(Br)c(C)c2)S(C)(=O)=O)C(Cc2ccccc2)C(=O)NC2CCCCC2)c1. The molecule has 1 atom stereocenters. The molecule has 0 spiro atoms. The first-order valence-electron chi connectivity index (χ1n) is 14.6. The van der Waals surface area contributed by atoms with Crippen molar-refractivity contribution in [2.45, 2.75) is 64.1 Å². The van der Waals surface area contributed by atoms with Crippen LogP contribution in [0.15, 0.2) is 77.3 Å². The number of carbonyl (C=O) groups excluding carboxylic acids is 2. The average Bonchev–Trinajstić information content (AvgIpc) is 2.99. The number of ether oxygens (including phenoxy) is 1. The number of hydrogen-bond donors (Lipinski definition) is 1. The van der Waals surface area contributed by atoms with Crippen LogP contribution in [0.2, 0.25) is 0 Å². The quantitative estimate of drug-likeness (QED) is 0.270. The predicted octanol–water partition coefficient (Wildman–Crippen LogP) is 5.62. The van der Waals surface area contributed by atoms with E-state index < -0.39 is 28.5 Å². The minimum Gasteiger partial charge on any atom is -0.497 e. The lowest BCUT2D eigenvalue weighted by molar-refractivity contribution is -0.140. The van der Waals surface area contributed by atoms with Crippen LogP contribution < -0.4 is 14.4 Å². The molecule has 0 bridgehead atoms. The highest BCUT2D eigenvalue weighted by Crippen LogP contribution is 2.26. The Hall–Kier alpha value is -3.37. The van der Waals surface area contributed by atoms with Gasteiger partial charge in [0.25, 0.3) is 0 Å². The van der Waals surface area contributed by atoms with Gasteiger partial charge < -0.3 is 15.0 Å². The number of amides is 2. The first kappa shape index (κ1) is 32.5. The van der Waals surface area contributed by atoms with E-state index in [1.165, 1.54) is 4.90 Å². The first-order chi connectivity index (χ1) is 20.5. The van der Waals surface area contributed by atoms with Crippen LogP contribution in [0.3, 0.4) is 0 Å². The fraction of sp³-hybridized carbons (Fsp3) is 0.394. The largest absolute Gasteiger partial charge is 0.497 e. The highest BCUT2D eigenvalue weighted by Gasteiger charge is 2.34. The molecule has 0 aliphatic heterocycles. The van der Waals surface area contributed by atoms with Crippen LogP contribution in [-0.2, 0) is 32.6 Å². The van der Waals surface area contributed by atoms with Crippen molar-refractivity contribution >= 4 is 43.5 Å². The monoisotopic (exact) mass is 669 g/mol. The molecule has 0 heterocycles. The minimum absolute atomic E-state index is 0.0477. The molecule has 4 rings (SSSR count). The van der Waals surface area contributed by atoms with E-state index in [-0.39, 0.29) is 24.9 Å². The Bertz CT molecular complexity index is 1510. The Morgan fingerprint density at radius 2 is 1.67 bits per heavy atom. The van der Waals surface area contributed by atoms with E-state index in [9.17, 15) is 18.0 Å². The lowest BCUT2D eigenvalue weighted by Gasteiger charge is -2.35. The van der Waals surface area contributed by atoms with Gasteiger partial charge >= 0.3 is 0 Å². The second kappa shape index (κ2) is 14.9. The van der Waals surface area contributed by atoms with Crippen molar-refractivity contribution in [2.24, 2.45) is 0 Å². The summed E-state index contributed by atoms with van der Waals surface area (Å²) in [6.45, 7) is 1.50. The van der Waals surface area contributed by atoms with Crippen molar-refractivity contribution in [2.75, 3.05) is 24.2 Å². The summed E-state index contributed by atoms with van der Waals surface area (Å²) >= 11 is 3.46. The molecule has 1 saturated carbocycles. The number of carbonyl (C=O) groups is 2. The summed E-state index contributed by atoms with van der Waals surface area (Å²) in [4.78, 5) is 29.9. The number of anilines is 1. The predicted molar refractivity (Wildman–Crippen MR) is 174 cm³/mol. The molecule has 1 aliphatic carbocycles. The summed E-state index contributed by atoms with van der Waals surface area (Å²) in [5, 5.41) is 3.22. The van der Waals surface area contributed by atoms with Gasteiger partial charge in [-0.1, -0.05) is 77.7 Å². The number of hydrogen-bond acceptors (Lipinski definition) is 5. The molecule has 3 aromatic carbocycles. The maximum Gasteiger partial charge on any atom is 0.244 e. The van der Waals surface area contributed by atoms with Gasteiger partial charge in [0.15, 0.2) is 0 Å². The summed E-state index contributed by atoms with van der Waals surface area (Å²) < 4.78 is 33.4. The maximum absolute atomic E-state index is 14.3. The zero-order valence-electron chi connectivity index (χ0n) is 25.0. The lowest BCUT2D eigenvalue weighted by atomic mass is 9.94. The Balaban J connectivity index is 1.74. The fourth-order valence-electron chi connectivity index (χ4n) is 5.46. The Morgan fingerprint density at radius 3 is 2.33 bits per heavy atom. The van der Waals surface area contributed by atoms with Crippen molar-refractivity contribution in [3.63, 3.8) is 0 Å². The van der Waals surface area contributed by atoms with E-state index in [2.05, 4.69) is 21.2 Å². The van der Waals surface area contributed by atoms with Crippen LogP contribution in [0.25, 0.3) is 0 Å². The number of aryl methyl sites for hydroxylation is 1. The van der Waals surface area contributed by atoms with Crippen molar-refractivity contribution in [1.82, 2.24) is 10.2 Å². The van der Waals surface area contributed by atoms with E-state index in [0.29, 0.717) is 11.4 Å². The van der Waals surface area contributed by atoms with Crippen LogP contribution in [-0.4, -0.2) is 57.1 Å². The Labute approximate surface area is 263 Å². The van der Waals surface area contributed by atoms with Crippen LogP contribution in [0.4, 0.5) is 5.69 Å². The van der Waals surface area contributed by atoms with E-state index in [1.807, 2.05) is 61.5 Å². The Kier molecular flexibility index (Phi) is 11.3. The van der Waals surface area contributed by atoms with Crippen LogP contribution in [0.5, 0.6) is 5.75 Å². The number of sulfonamides is 1. The van der Waals surface area contributed by atoms with Crippen molar-refractivity contribution < 1.29 is 22.7 Å². The summed E-state index contributed by atoms with van der Waals surface area (Å²) in [6, 6.07) is 21.2. The molecule has 0 saturated heterocycles. The molecule has 0 radical (unpaired) electrons. The summed E-state index contributed by atoms with van der Waals surface area (Å²) in [5.74, 6) is -0.0924. The van der Waals surface area contributed by atoms with Crippen molar-refractivity contribution in [1.29, 1.82) is 0 Å². The van der Waals surface area contributed by atoms with E-state index in [0.717, 1.165) is 63.8 Å². The van der Waals surface area contributed by atoms with Gasteiger partial charge in [-0.25, -0.2) is 8.42 Å². The average molecular weight is 671 g/mol. The van der Waals surface area contributed by atoms with Gasteiger partial charge in [-0.2, -0.15) is 0 Å². The molecule has 43 heavy (non-hydrogen) atoms. The second-order valence-corrected chi connectivity index (χ2v) is 13.9. The smallest absolute Gasteiger partial charge is 0.244 e. The number of rotatable bonds is 12. The molecule has 8 nitrogen and oxygen atoms in total. The molecule has 10 heteroatoms. The number of halogens is 1. The number of benzene rings is 3. The standard InChI is InChI=1S/C33H40BrN3O5S/c1-24-19-28(17-18-30(24)34)37(43(3,40)41)23-32(38)36(22-26-13-10-16-29(20-26)42-2)31(21-25-11-6-4-7-12-25)33(39)35-27-14-8-5-9-15-27/h4,6-7,10-13,16-20,27,31H,5,8-9,14-15,21-23H2,1-3H3,(H,35,39). The van der Waals surface area contributed by atoms with Crippen LogP contribution in [0.1, 0.15) is 48.8 Å². The number of nitrogens with one attached hydrogen (secondary N) is 1. The normalized spacial score (nSPS) is 14.5. The highest BCUT2D eigenvalue weighted by atomic mass is 79.9. The zero-order chi connectivity index (χ0) is 31.0. The topological polar surface area (TPSA) is 96.0 Å². The van der Waals surface area contributed by atoms with Gasteiger partial charge in [0.1, 0.15) is 18.3 Å². The zero-order valence-corrected chi connectivity index (χ0v) is 27.4. The molecule has 2 amide bonds. The highest BCUT2D eigenvalue weighted by molar-refractivity contribution is 9.10. The molecule has 3 aromatic rings. The Morgan fingerprint density at radius 1 is 0.977 bits per heavy atom. The lowest BCUT2D eigenvalue weighted by Crippen LogP contribution is -2.55. The van der Waals surface area contributed by atoms with E-state index >= 15 is 0 Å². The van der Waals surface area contributed by atoms with Gasteiger partial charge in [0.05, 0.1) is 19.1 Å². The van der Waals surface area contributed by atoms with Gasteiger partial charge in [0, 0.05) is 23.5 Å². The van der Waals surface area contributed by atoms with Crippen LogP contribution >= 0.6 is 15.9 Å². The minimum atomic E-state index is -3.84. The van der Waals surface area contributed by atoms with Gasteiger partial charge in [0.2, 0.25) is 21.8 Å². The fourth-order valence-corrected chi connectivity index (χ4v) is 6.55. The third-order valence-corrected chi connectivity index (χ3v) is 9.85. The molecular weight excluding hydrogens is 630 g/mol. The molecule has 1 aliphatic rings. The van der Waals surface area contributed by atoms with Crippen molar-refractivity contribution in [3.05, 3.63) is 94.0 Å². The van der Waals surface area contributed by atoms with Crippen LogP contribution in [0, 0.1) is 6.92 Å². The molecule has 1 N–H and O–H groups in total. The molecule has 230 valence electrons. The van der Waals surface area contributed by atoms with Gasteiger partial charge in [-0.05, 0) is 66.8 Å². The van der Waals surface area contributed by atoms with Crippen molar-refractivity contribution in [3.8, 4) is 5.75 Å². The number of methoxy groups -OCH3 is 1.